The molecule has 1 aliphatic rings. The molecule has 6 heteroatoms. The minimum Gasteiger partial charge on any atom is -0.378 e. The number of aryl methyl sites for hydroxylation is 1. The van der Waals surface area contributed by atoms with Crippen molar-refractivity contribution in [3.05, 3.63) is 29.0 Å². The maximum absolute atomic E-state index is 12.3. The number of morpholine rings is 1. The second-order valence-electron chi connectivity index (χ2n) is 4.55. The Kier molecular flexibility index (Phi) is 3.16. The molecule has 1 aliphatic heterocycles. The molecular weight excluding hydrogens is 266 g/mol. The molecule has 1 aromatic heterocycles. The van der Waals surface area contributed by atoms with Crippen LogP contribution in [0.25, 0.3) is 11.0 Å². The number of rotatable bonds is 1. The SMILES string of the molecule is Cn1c(Cl)nc2cc(C(=O)N3CCOCC3)ccc21. The minimum absolute atomic E-state index is 0.0203. The van der Waals surface area contributed by atoms with Crippen molar-refractivity contribution < 1.29 is 9.53 Å². The van der Waals surface area contributed by atoms with Gasteiger partial charge in [-0.2, -0.15) is 0 Å². The third-order valence-electron chi connectivity index (χ3n) is 3.37. The number of hydrogen-bond donors (Lipinski definition) is 0. The highest BCUT2D eigenvalue weighted by Crippen LogP contribution is 2.20. The van der Waals surface area contributed by atoms with Gasteiger partial charge in [0.15, 0.2) is 0 Å². The lowest BCUT2D eigenvalue weighted by Crippen LogP contribution is -2.40. The fraction of sp³-hybridized carbons (Fsp3) is 0.385. The van der Waals surface area contributed by atoms with Crippen molar-refractivity contribution in [2.45, 2.75) is 0 Å². The van der Waals surface area contributed by atoms with E-state index in [9.17, 15) is 4.79 Å². The first kappa shape index (κ1) is 12.4. The fourth-order valence-corrected chi connectivity index (χ4v) is 2.43. The zero-order chi connectivity index (χ0) is 13.4. The Morgan fingerprint density at radius 3 is 2.84 bits per heavy atom. The van der Waals surface area contributed by atoms with Gasteiger partial charge in [-0.3, -0.25) is 4.79 Å². The Hall–Kier alpha value is -1.59. The van der Waals surface area contributed by atoms with E-state index >= 15 is 0 Å². The molecule has 100 valence electrons. The summed E-state index contributed by atoms with van der Waals surface area (Å²) in [6.07, 6.45) is 0. The normalized spacial score (nSPS) is 16.0. The van der Waals surface area contributed by atoms with Gasteiger partial charge in [-0.15, -0.1) is 0 Å². The molecule has 0 unspecified atom stereocenters. The van der Waals surface area contributed by atoms with Gasteiger partial charge in [-0.05, 0) is 29.8 Å². The predicted molar refractivity (Wildman–Crippen MR) is 72.4 cm³/mol. The van der Waals surface area contributed by atoms with Crippen LogP contribution in [0.4, 0.5) is 0 Å². The van der Waals surface area contributed by atoms with Gasteiger partial charge in [0.2, 0.25) is 5.28 Å². The Morgan fingerprint density at radius 2 is 2.11 bits per heavy atom. The van der Waals surface area contributed by atoms with E-state index in [4.69, 9.17) is 16.3 Å². The van der Waals surface area contributed by atoms with Crippen LogP contribution in [0.5, 0.6) is 0 Å². The number of fused-ring (bicyclic) bond motifs is 1. The summed E-state index contributed by atoms with van der Waals surface area (Å²) in [6, 6.07) is 5.49. The van der Waals surface area contributed by atoms with Crippen molar-refractivity contribution in [2.75, 3.05) is 26.3 Å². The van der Waals surface area contributed by atoms with E-state index in [2.05, 4.69) is 4.98 Å². The number of carbonyl (C=O) groups excluding carboxylic acids is 1. The highest BCUT2D eigenvalue weighted by atomic mass is 35.5. The van der Waals surface area contributed by atoms with Crippen molar-refractivity contribution in [1.82, 2.24) is 14.5 Å². The zero-order valence-electron chi connectivity index (χ0n) is 10.6. The van der Waals surface area contributed by atoms with Crippen LogP contribution in [-0.4, -0.2) is 46.7 Å². The summed E-state index contributed by atoms with van der Waals surface area (Å²) in [6.45, 7) is 2.48. The van der Waals surface area contributed by atoms with Gasteiger partial charge in [0, 0.05) is 25.7 Å². The maximum Gasteiger partial charge on any atom is 0.254 e. The van der Waals surface area contributed by atoms with E-state index < -0.39 is 0 Å². The molecule has 0 saturated carbocycles. The van der Waals surface area contributed by atoms with Crippen molar-refractivity contribution in [3.8, 4) is 0 Å². The Bertz CT molecular complexity index is 632. The summed E-state index contributed by atoms with van der Waals surface area (Å²) in [5, 5.41) is 0.422. The molecule has 1 saturated heterocycles. The van der Waals surface area contributed by atoms with Crippen LogP contribution in [-0.2, 0) is 11.8 Å². The molecular formula is C13H14ClN3O2. The molecule has 19 heavy (non-hydrogen) atoms. The number of halogens is 1. The quantitative estimate of drug-likeness (QED) is 0.798. The second-order valence-corrected chi connectivity index (χ2v) is 4.89. The van der Waals surface area contributed by atoms with Crippen LogP contribution in [0.1, 0.15) is 10.4 Å². The summed E-state index contributed by atoms with van der Waals surface area (Å²) in [5.74, 6) is 0.0203. The molecule has 1 fully saturated rings. The van der Waals surface area contributed by atoms with Crippen LogP contribution >= 0.6 is 11.6 Å². The first-order valence-corrected chi connectivity index (χ1v) is 6.53. The number of hydrogen-bond acceptors (Lipinski definition) is 3. The average molecular weight is 280 g/mol. The standard InChI is InChI=1S/C13H14ClN3O2/c1-16-11-3-2-9(8-10(11)15-13(16)14)12(18)17-4-6-19-7-5-17/h2-3,8H,4-7H2,1H3. The Morgan fingerprint density at radius 1 is 1.37 bits per heavy atom. The van der Waals surface area contributed by atoms with E-state index in [1.54, 1.807) is 15.5 Å². The molecule has 1 amide bonds. The van der Waals surface area contributed by atoms with Crippen molar-refractivity contribution in [3.63, 3.8) is 0 Å². The van der Waals surface area contributed by atoms with E-state index in [1.807, 2.05) is 19.2 Å². The molecule has 0 aliphatic carbocycles. The Labute approximate surface area is 115 Å². The number of benzene rings is 1. The molecule has 2 aromatic rings. The van der Waals surface area contributed by atoms with Gasteiger partial charge >= 0.3 is 0 Å². The lowest BCUT2D eigenvalue weighted by atomic mass is 10.1. The summed E-state index contributed by atoms with van der Waals surface area (Å²) in [4.78, 5) is 18.4. The van der Waals surface area contributed by atoms with Gasteiger partial charge in [-0.25, -0.2) is 4.98 Å². The highest BCUT2D eigenvalue weighted by Gasteiger charge is 2.19. The van der Waals surface area contributed by atoms with E-state index in [1.165, 1.54) is 0 Å². The summed E-state index contributed by atoms with van der Waals surface area (Å²) < 4.78 is 7.04. The lowest BCUT2D eigenvalue weighted by Gasteiger charge is -2.26. The molecule has 5 nitrogen and oxygen atoms in total. The average Bonchev–Trinajstić information content (AvgIpc) is 2.74. The zero-order valence-corrected chi connectivity index (χ0v) is 11.4. The third-order valence-corrected chi connectivity index (χ3v) is 3.71. The van der Waals surface area contributed by atoms with Crippen LogP contribution in [0.3, 0.4) is 0 Å². The topological polar surface area (TPSA) is 47.4 Å². The van der Waals surface area contributed by atoms with E-state index in [0.717, 1.165) is 11.0 Å². The molecule has 0 spiro atoms. The van der Waals surface area contributed by atoms with E-state index in [0.29, 0.717) is 37.2 Å². The van der Waals surface area contributed by atoms with Crippen LogP contribution in [0.2, 0.25) is 5.28 Å². The van der Waals surface area contributed by atoms with E-state index in [-0.39, 0.29) is 5.91 Å². The molecule has 0 N–H and O–H groups in total. The van der Waals surface area contributed by atoms with Crippen molar-refractivity contribution >= 4 is 28.5 Å². The van der Waals surface area contributed by atoms with Crippen LogP contribution < -0.4 is 0 Å². The number of amides is 1. The fourth-order valence-electron chi connectivity index (χ4n) is 2.25. The number of aromatic nitrogens is 2. The number of imidazole rings is 1. The van der Waals surface area contributed by atoms with Crippen molar-refractivity contribution in [1.29, 1.82) is 0 Å². The second kappa shape index (κ2) is 4.83. The maximum atomic E-state index is 12.3. The monoisotopic (exact) mass is 279 g/mol. The van der Waals surface area contributed by atoms with Gasteiger partial charge in [0.25, 0.3) is 5.91 Å². The number of nitrogens with zero attached hydrogens (tertiary/aromatic N) is 3. The molecule has 3 rings (SSSR count). The third kappa shape index (κ3) is 2.19. The van der Waals surface area contributed by atoms with Crippen molar-refractivity contribution in [2.24, 2.45) is 7.05 Å². The summed E-state index contributed by atoms with van der Waals surface area (Å²) >= 11 is 5.97. The molecule has 0 radical (unpaired) electrons. The van der Waals surface area contributed by atoms with Crippen LogP contribution in [0, 0.1) is 0 Å². The number of carbonyl (C=O) groups is 1. The van der Waals surface area contributed by atoms with Gasteiger partial charge in [0.05, 0.1) is 24.2 Å². The first-order valence-electron chi connectivity index (χ1n) is 6.16. The first-order chi connectivity index (χ1) is 9.16. The Balaban J connectivity index is 1.94. The largest absolute Gasteiger partial charge is 0.378 e. The van der Waals surface area contributed by atoms with Gasteiger partial charge < -0.3 is 14.2 Å². The minimum atomic E-state index is 0.0203. The van der Waals surface area contributed by atoms with Crippen LogP contribution in [0.15, 0.2) is 18.2 Å². The summed E-state index contributed by atoms with van der Waals surface area (Å²) in [7, 11) is 1.85. The summed E-state index contributed by atoms with van der Waals surface area (Å²) in [5.41, 5.74) is 2.30. The smallest absolute Gasteiger partial charge is 0.254 e. The molecule has 1 aromatic carbocycles. The highest BCUT2D eigenvalue weighted by molar-refractivity contribution is 6.29. The molecule has 2 heterocycles. The van der Waals surface area contributed by atoms with Gasteiger partial charge in [0.1, 0.15) is 0 Å². The predicted octanol–water partition coefficient (Wildman–Crippen LogP) is 1.70. The lowest BCUT2D eigenvalue weighted by molar-refractivity contribution is 0.0303. The molecule has 0 bridgehead atoms. The molecule has 0 atom stereocenters. The number of ether oxygens (including phenoxy) is 1. The van der Waals surface area contributed by atoms with Gasteiger partial charge in [-0.1, -0.05) is 0 Å².